The van der Waals surface area contributed by atoms with E-state index < -0.39 is 0 Å². The van der Waals surface area contributed by atoms with Crippen molar-refractivity contribution in [3.05, 3.63) is 0 Å². The van der Waals surface area contributed by atoms with E-state index in [-0.39, 0.29) is 0 Å². The molecule has 4 aliphatic rings. The Labute approximate surface area is 118 Å². The van der Waals surface area contributed by atoms with Gasteiger partial charge in [-0.05, 0) is 88.3 Å². The molecule has 3 saturated carbocycles. The maximum absolute atomic E-state index is 3.85. The fourth-order valence-electron chi connectivity index (χ4n) is 5.71. The van der Waals surface area contributed by atoms with Gasteiger partial charge in [-0.3, -0.25) is 0 Å². The molecule has 4 fully saturated rings. The molecule has 2 nitrogen and oxygen atoms in total. The molecule has 0 spiro atoms. The van der Waals surface area contributed by atoms with E-state index in [1.54, 1.807) is 19.3 Å². The summed E-state index contributed by atoms with van der Waals surface area (Å²) in [5.74, 6) is 5.63. The van der Waals surface area contributed by atoms with E-state index in [9.17, 15) is 0 Å². The lowest BCUT2D eigenvalue weighted by Gasteiger charge is -2.29. The molecular weight excluding hydrogens is 232 g/mol. The van der Waals surface area contributed by atoms with Gasteiger partial charge in [-0.25, -0.2) is 0 Å². The molecule has 19 heavy (non-hydrogen) atoms. The number of fused-ring (bicyclic) bond motifs is 5. The maximum Gasteiger partial charge on any atom is 0.0166 e. The average Bonchev–Trinajstić information content (AvgIpc) is 2.81. The zero-order chi connectivity index (χ0) is 12.8. The van der Waals surface area contributed by atoms with E-state index in [2.05, 4.69) is 17.1 Å². The van der Waals surface area contributed by atoms with Gasteiger partial charge in [-0.1, -0.05) is 6.42 Å². The van der Waals surface area contributed by atoms with Crippen LogP contribution in [-0.2, 0) is 0 Å². The van der Waals surface area contributed by atoms with Gasteiger partial charge in [-0.2, -0.15) is 0 Å². The molecule has 2 bridgehead atoms. The Morgan fingerprint density at radius 3 is 2.42 bits per heavy atom. The summed E-state index contributed by atoms with van der Waals surface area (Å²) in [6.07, 6.45) is 9.00. The molecule has 1 N–H and O–H groups in total. The summed E-state index contributed by atoms with van der Waals surface area (Å²) in [4.78, 5) is 2.67. The summed E-state index contributed by atoms with van der Waals surface area (Å²) in [5, 5.41) is 3.85. The molecule has 1 heterocycles. The van der Waals surface area contributed by atoms with Crippen LogP contribution >= 0.6 is 0 Å². The van der Waals surface area contributed by atoms with E-state index in [1.807, 2.05) is 0 Å². The Hall–Kier alpha value is -0.0800. The summed E-state index contributed by atoms with van der Waals surface area (Å²) < 4.78 is 0. The van der Waals surface area contributed by atoms with Crippen LogP contribution in [0.2, 0.25) is 0 Å². The van der Waals surface area contributed by atoms with Crippen molar-refractivity contribution in [2.24, 2.45) is 29.6 Å². The van der Waals surface area contributed by atoms with Crippen molar-refractivity contribution < 1.29 is 0 Å². The Bertz CT molecular complexity index is 307. The van der Waals surface area contributed by atoms with Crippen LogP contribution in [0.4, 0.5) is 0 Å². The van der Waals surface area contributed by atoms with E-state index >= 15 is 0 Å². The van der Waals surface area contributed by atoms with Gasteiger partial charge in [0.05, 0.1) is 0 Å². The number of hydrogen-bond donors (Lipinski definition) is 1. The minimum atomic E-state index is 0.692. The summed E-state index contributed by atoms with van der Waals surface area (Å²) in [5.41, 5.74) is 0. The summed E-state index contributed by atoms with van der Waals surface area (Å²) in [6.45, 7) is 7.66. The van der Waals surface area contributed by atoms with Crippen LogP contribution in [0.3, 0.4) is 0 Å². The number of hydrogen-bond acceptors (Lipinski definition) is 2. The number of piperidine rings is 1. The van der Waals surface area contributed by atoms with Gasteiger partial charge in [0.2, 0.25) is 0 Å². The molecule has 0 aromatic rings. The Morgan fingerprint density at radius 1 is 1.05 bits per heavy atom. The third-order valence-corrected chi connectivity index (χ3v) is 6.58. The average molecular weight is 262 g/mol. The first-order valence-corrected chi connectivity index (χ1v) is 8.78. The van der Waals surface area contributed by atoms with E-state index in [0.717, 1.165) is 29.6 Å². The summed E-state index contributed by atoms with van der Waals surface area (Å²) in [6, 6.07) is 0.692. The van der Waals surface area contributed by atoms with Gasteiger partial charge in [0.15, 0.2) is 0 Å². The molecule has 0 aromatic heterocycles. The molecule has 3 aliphatic carbocycles. The summed E-state index contributed by atoms with van der Waals surface area (Å²) >= 11 is 0. The van der Waals surface area contributed by atoms with Crippen LogP contribution in [0.15, 0.2) is 0 Å². The topological polar surface area (TPSA) is 15.3 Å². The van der Waals surface area contributed by atoms with E-state index in [0.29, 0.717) is 6.04 Å². The minimum Gasteiger partial charge on any atom is -0.313 e. The first-order chi connectivity index (χ1) is 9.33. The molecule has 2 heteroatoms. The van der Waals surface area contributed by atoms with Gasteiger partial charge in [0, 0.05) is 12.6 Å². The number of nitrogens with one attached hydrogen (secondary N) is 1. The van der Waals surface area contributed by atoms with Crippen LogP contribution in [0, 0.1) is 29.6 Å². The van der Waals surface area contributed by atoms with Crippen LogP contribution < -0.4 is 5.32 Å². The molecule has 0 aromatic carbocycles. The molecule has 4 rings (SSSR count). The third kappa shape index (κ3) is 2.35. The largest absolute Gasteiger partial charge is 0.313 e. The zero-order valence-corrected chi connectivity index (χ0v) is 12.5. The summed E-state index contributed by atoms with van der Waals surface area (Å²) in [7, 11) is 0. The standard InChI is InChI=1S/C17H30N2/c1-12(11-19-7-3-2-4-8-19)18-10-15-16-13-5-6-14(9-13)17(15)16/h12-18H,2-11H2,1H3. The van der Waals surface area contributed by atoms with E-state index in [4.69, 9.17) is 0 Å². The highest BCUT2D eigenvalue weighted by Gasteiger charge is 2.64. The van der Waals surface area contributed by atoms with Gasteiger partial charge in [-0.15, -0.1) is 0 Å². The zero-order valence-electron chi connectivity index (χ0n) is 12.5. The predicted molar refractivity (Wildman–Crippen MR) is 79.1 cm³/mol. The van der Waals surface area contributed by atoms with Crippen molar-refractivity contribution in [2.75, 3.05) is 26.2 Å². The molecular formula is C17H30N2. The minimum absolute atomic E-state index is 0.692. The second-order valence-corrected chi connectivity index (χ2v) is 7.82. The SMILES string of the molecule is CC(CN1CCCCC1)NCC1C2C3CCC(C3)C12. The van der Waals surface area contributed by atoms with Gasteiger partial charge >= 0.3 is 0 Å². The third-order valence-electron chi connectivity index (χ3n) is 6.58. The molecule has 5 atom stereocenters. The smallest absolute Gasteiger partial charge is 0.0166 e. The molecule has 108 valence electrons. The highest BCUT2D eigenvalue weighted by molar-refractivity contribution is 5.13. The lowest BCUT2D eigenvalue weighted by molar-refractivity contribution is 0.208. The van der Waals surface area contributed by atoms with Gasteiger partial charge in [0.1, 0.15) is 0 Å². The monoisotopic (exact) mass is 262 g/mol. The van der Waals surface area contributed by atoms with E-state index in [1.165, 1.54) is 45.4 Å². The molecule has 0 radical (unpaired) electrons. The highest BCUT2D eigenvalue weighted by Crippen LogP contribution is 2.69. The Morgan fingerprint density at radius 2 is 1.74 bits per heavy atom. The Kier molecular flexibility index (Phi) is 3.35. The fourth-order valence-corrected chi connectivity index (χ4v) is 5.71. The first kappa shape index (κ1) is 12.6. The van der Waals surface area contributed by atoms with Crippen molar-refractivity contribution in [1.29, 1.82) is 0 Å². The second kappa shape index (κ2) is 5.04. The second-order valence-electron chi connectivity index (χ2n) is 7.82. The van der Waals surface area contributed by atoms with Crippen molar-refractivity contribution in [2.45, 2.75) is 51.5 Å². The van der Waals surface area contributed by atoms with Gasteiger partial charge < -0.3 is 10.2 Å². The number of likely N-dealkylation sites (tertiary alicyclic amines) is 1. The van der Waals surface area contributed by atoms with Crippen LogP contribution in [0.25, 0.3) is 0 Å². The van der Waals surface area contributed by atoms with Crippen molar-refractivity contribution in [3.8, 4) is 0 Å². The lowest BCUT2D eigenvalue weighted by Crippen LogP contribution is -2.42. The predicted octanol–water partition coefficient (Wildman–Crippen LogP) is 2.74. The van der Waals surface area contributed by atoms with Gasteiger partial charge in [0.25, 0.3) is 0 Å². The first-order valence-electron chi connectivity index (χ1n) is 8.78. The van der Waals surface area contributed by atoms with Crippen LogP contribution in [0.1, 0.15) is 45.4 Å². The molecule has 1 saturated heterocycles. The van der Waals surface area contributed by atoms with Crippen molar-refractivity contribution in [1.82, 2.24) is 10.2 Å². The van der Waals surface area contributed by atoms with Crippen LogP contribution in [0.5, 0.6) is 0 Å². The van der Waals surface area contributed by atoms with Crippen LogP contribution in [-0.4, -0.2) is 37.1 Å². The maximum atomic E-state index is 3.85. The normalized spacial score (nSPS) is 46.3. The molecule has 1 aliphatic heterocycles. The van der Waals surface area contributed by atoms with Crippen molar-refractivity contribution in [3.63, 3.8) is 0 Å². The fraction of sp³-hybridized carbons (Fsp3) is 1.00. The Balaban J connectivity index is 1.19. The van der Waals surface area contributed by atoms with Crippen molar-refractivity contribution >= 4 is 0 Å². The quantitative estimate of drug-likeness (QED) is 0.819. The number of nitrogens with zero attached hydrogens (tertiary/aromatic N) is 1. The number of rotatable bonds is 5. The lowest BCUT2D eigenvalue weighted by atomic mass is 10.0. The molecule has 0 amide bonds. The highest BCUT2D eigenvalue weighted by atomic mass is 15.1. The molecule has 5 unspecified atom stereocenters.